The summed E-state index contributed by atoms with van der Waals surface area (Å²) in [7, 11) is 0. The highest BCUT2D eigenvalue weighted by atomic mass is 13.9. The summed E-state index contributed by atoms with van der Waals surface area (Å²) in [6.45, 7) is 2.18. The molecule has 0 nitrogen and oxygen atoms in total. The molecule has 0 heteroatoms. The Balaban J connectivity index is 2.07. The summed E-state index contributed by atoms with van der Waals surface area (Å²) in [5.74, 6) is 0. The van der Waals surface area contributed by atoms with Gasteiger partial charge in [-0.05, 0) is 37.7 Å². The SMILES string of the molecule is CC/C=C\CCCC/C=C\c1ccccc1. The van der Waals surface area contributed by atoms with E-state index in [2.05, 4.69) is 61.6 Å². The molecule has 1 rings (SSSR count). The smallest absolute Gasteiger partial charge is 0.0260 e. The Morgan fingerprint density at radius 3 is 2.25 bits per heavy atom. The molecular formula is C16H22. The molecule has 0 amide bonds. The van der Waals surface area contributed by atoms with Crippen LogP contribution in [-0.2, 0) is 0 Å². The number of hydrogen-bond donors (Lipinski definition) is 0. The van der Waals surface area contributed by atoms with Crippen LogP contribution < -0.4 is 0 Å². The predicted octanol–water partition coefficient (Wildman–Crippen LogP) is 5.23. The molecule has 86 valence electrons. The van der Waals surface area contributed by atoms with E-state index in [1.165, 1.54) is 31.2 Å². The molecule has 0 spiro atoms. The molecule has 0 aliphatic heterocycles. The quantitative estimate of drug-likeness (QED) is 0.431. The maximum atomic E-state index is 2.29. The Kier molecular flexibility index (Phi) is 7.15. The van der Waals surface area contributed by atoms with Crippen LogP contribution >= 0.6 is 0 Å². The first-order chi connectivity index (χ1) is 7.93. The average Bonchev–Trinajstić information content (AvgIpc) is 2.34. The number of hydrogen-bond acceptors (Lipinski definition) is 0. The molecular weight excluding hydrogens is 192 g/mol. The highest BCUT2D eigenvalue weighted by molar-refractivity contribution is 5.48. The van der Waals surface area contributed by atoms with Crippen LogP contribution in [0.15, 0.2) is 48.6 Å². The van der Waals surface area contributed by atoms with Crippen molar-refractivity contribution in [2.75, 3.05) is 0 Å². The van der Waals surface area contributed by atoms with E-state index in [-0.39, 0.29) is 0 Å². The third-order valence-corrected chi connectivity index (χ3v) is 2.50. The van der Waals surface area contributed by atoms with Gasteiger partial charge in [-0.25, -0.2) is 0 Å². The lowest BCUT2D eigenvalue weighted by Gasteiger charge is -1.94. The lowest BCUT2D eigenvalue weighted by atomic mass is 10.1. The molecule has 0 N–H and O–H groups in total. The first-order valence-corrected chi connectivity index (χ1v) is 6.30. The lowest BCUT2D eigenvalue weighted by Crippen LogP contribution is -1.73. The minimum Gasteiger partial charge on any atom is -0.0888 e. The molecule has 16 heavy (non-hydrogen) atoms. The lowest BCUT2D eigenvalue weighted by molar-refractivity contribution is 0.762. The van der Waals surface area contributed by atoms with E-state index in [0.29, 0.717) is 0 Å². The second-order valence-electron chi connectivity index (χ2n) is 3.98. The summed E-state index contributed by atoms with van der Waals surface area (Å²) in [6.07, 6.45) is 15.2. The zero-order valence-corrected chi connectivity index (χ0v) is 10.2. The molecule has 0 saturated heterocycles. The Morgan fingerprint density at radius 1 is 0.875 bits per heavy atom. The highest BCUT2D eigenvalue weighted by Gasteiger charge is 1.85. The van der Waals surface area contributed by atoms with Crippen LogP contribution in [-0.4, -0.2) is 0 Å². The highest BCUT2D eigenvalue weighted by Crippen LogP contribution is 2.06. The predicted molar refractivity (Wildman–Crippen MR) is 73.4 cm³/mol. The summed E-state index contributed by atoms with van der Waals surface area (Å²) in [4.78, 5) is 0. The van der Waals surface area contributed by atoms with E-state index in [4.69, 9.17) is 0 Å². The van der Waals surface area contributed by atoms with Gasteiger partial charge in [-0.15, -0.1) is 0 Å². The number of rotatable bonds is 7. The van der Waals surface area contributed by atoms with Gasteiger partial charge in [-0.2, -0.15) is 0 Å². The fourth-order valence-corrected chi connectivity index (χ4v) is 1.59. The topological polar surface area (TPSA) is 0 Å². The number of unbranched alkanes of at least 4 members (excludes halogenated alkanes) is 3. The summed E-state index contributed by atoms with van der Waals surface area (Å²) in [5, 5.41) is 0. The number of benzene rings is 1. The monoisotopic (exact) mass is 214 g/mol. The van der Waals surface area contributed by atoms with Gasteiger partial charge in [0.25, 0.3) is 0 Å². The minimum atomic E-state index is 1.16. The van der Waals surface area contributed by atoms with Crippen molar-refractivity contribution in [1.29, 1.82) is 0 Å². The third kappa shape index (κ3) is 6.23. The first-order valence-electron chi connectivity index (χ1n) is 6.30. The van der Waals surface area contributed by atoms with Crippen molar-refractivity contribution in [3.63, 3.8) is 0 Å². The van der Waals surface area contributed by atoms with Crippen LogP contribution in [0.1, 0.15) is 44.6 Å². The van der Waals surface area contributed by atoms with Crippen LogP contribution in [0.5, 0.6) is 0 Å². The van der Waals surface area contributed by atoms with Crippen molar-refractivity contribution in [3.8, 4) is 0 Å². The average molecular weight is 214 g/mol. The van der Waals surface area contributed by atoms with Crippen molar-refractivity contribution in [2.24, 2.45) is 0 Å². The van der Waals surface area contributed by atoms with Crippen LogP contribution in [0.3, 0.4) is 0 Å². The fraction of sp³-hybridized carbons (Fsp3) is 0.375. The first kappa shape index (κ1) is 12.8. The molecule has 0 heterocycles. The van der Waals surface area contributed by atoms with Gasteiger partial charge in [0.2, 0.25) is 0 Å². The fourth-order valence-electron chi connectivity index (χ4n) is 1.59. The second-order valence-corrected chi connectivity index (χ2v) is 3.98. The van der Waals surface area contributed by atoms with Crippen LogP contribution in [0, 0.1) is 0 Å². The molecule has 0 aliphatic carbocycles. The van der Waals surface area contributed by atoms with Gasteiger partial charge < -0.3 is 0 Å². The van der Waals surface area contributed by atoms with Crippen molar-refractivity contribution >= 4 is 6.08 Å². The van der Waals surface area contributed by atoms with E-state index in [1.807, 2.05) is 0 Å². The molecule has 0 fully saturated rings. The molecule has 0 bridgehead atoms. The Labute approximate surface area is 99.7 Å². The zero-order valence-electron chi connectivity index (χ0n) is 10.2. The Bertz CT molecular complexity index is 306. The molecule has 0 saturated carbocycles. The van der Waals surface area contributed by atoms with Crippen molar-refractivity contribution in [1.82, 2.24) is 0 Å². The van der Waals surface area contributed by atoms with E-state index in [0.717, 1.165) is 6.42 Å². The molecule has 1 aromatic carbocycles. The molecule has 0 radical (unpaired) electrons. The maximum absolute atomic E-state index is 2.29. The van der Waals surface area contributed by atoms with E-state index < -0.39 is 0 Å². The van der Waals surface area contributed by atoms with Crippen LogP contribution in [0.4, 0.5) is 0 Å². The van der Waals surface area contributed by atoms with Gasteiger partial charge >= 0.3 is 0 Å². The van der Waals surface area contributed by atoms with Gasteiger partial charge in [0.05, 0.1) is 0 Å². The van der Waals surface area contributed by atoms with Gasteiger partial charge in [0.15, 0.2) is 0 Å². The molecule has 0 atom stereocenters. The second kappa shape index (κ2) is 8.96. The standard InChI is InChI=1S/C16H22/c1-2-3-4-5-6-7-8-10-13-16-14-11-9-12-15-16/h3-4,9-15H,2,5-8H2,1H3/b4-3-,13-10-. The minimum absolute atomic E-state index is 1.16. The van der Waals surface area contributed by atoms with E-state index >= 15 is 0 Å². The van der Waals surface area contributed by atoms with Gasteiger partial charge in [0, 0.05) is 0 Å². The summed E-state index contributed by atoms with van der Waals surface area (Å²) in [5.41, 5.74) is 1.30. The summed E-state index contributed by atoms with van der Waals surface area (Å²) < 4.78 is 0. The molecule has 0 unspecified atom stereocenters. The molecule has 1 aromatic rings. The van der Waals surface area contributed by atoms with Crippen molar-refractivity contribution in [3.05, 3.63) is 54.1 Å². The zero-order chi connectivity index (χ0) is 11.5. The van der Waals surface area contributed by atoms with E-state index in [9.17, 15) is 0 Å². The van der Waals surface area contributed by atoms with Crippen molar-refractivity contribution < 1.29 is 0 Å². The number of allylic oxidation sites excluding steroid dienone is 3. The van der Waals surface area contributed by atoms with Crippen LogP contribution in [0.2, 0.25) is 0 Å². The largest absolute Gasteiger partial charge is 0.0888 e. The Hall–Kier alpha value is -1.30. The molecule has 0 aliphatic rings. The maximum Gasteiger partial charge on any atom is -0.0260 e. The molecule has 0 aromatic heterocycles. The van der Waals surface area contributed by atoms with Gasteiger partial charge in [-0.3, -0.25) is 0 Å². The normalized spacial score (nSPS) is 11.6. The van der Waals surface area contributed by atoms with Gasteiger partial charge in [0.1, 0.15) is 0 Å². The van der Waals surface area contributed by atoms with Crippen LogP contribution in [0.25, 0.3) is 6.08 Å². The van der Waals surface area contributed by atoms with Gasteiger partial charge in [-0.1, -0.05) is 61.6 Å². The Morgan fingerprint density at radius 2 is 1.56 bits per heavy atom. The third-order valence-electron chi connectivity index (χ3n) is 2.50. The van der Waals surface area contributed by atoms with E-state index in [1.54, 1.807) is 0 Å². The van der Waals surface area contributed by atoms with Crippen molar-refractivity contribution in [2.45, 2.75) is 39.0 Å². The summed E-state index contributed by atoms with van der Waals surface area (Å²) >= 11 is 0. The summed E-state index contributed by atoms with van der Waals surface area (Å²) in [6, 6.07) is 10.5.